The second-order valence-electron chi connectivity index (χ2n) is 3.12. The van der Waals surface area contributed by atoms with Crippen LogP contribution in [0.15, 0.2) is 11.4 Å². The number of halogens is 1. The Bertz CT molecular complexity index is 317. The summed E-state index contributed by atoms with van der Waals surface area (Å²) >= 11 is 7.30. The molecule has 0 atom stereocenters. The second-order valence-corrected chi connectivity index (χ2v) is 4.41. The van der Waals surface area contributed by atoms with E-state index in [4.69, 9.17) is 11.6 Å². The van der Waals surface area contributed by atoms with Crippen molar-refractivity contribution in [3.8, 4) is 11.8 Å². The molecule has 0 radical (unpaired) electrons. The van der Waals surface area contributed by atoms with Gasteiger partial charge in [0, 0.05) is 12.3 Å². The zero-order valence-corrected chi connectivity index (χ0v) is 10.0. The Balaban J connectivity index is 2.59. The minimum atomic E-state index is 0.628. The molecule has 0 nitrogen and oxygen atoms in total. The van der Waals surface area contributed by atoms with Crippen LogP contribution in [0.1, 0.15) is 36.6 Å². The third-order valence-corrected chi connectivity index (χ3v) is 3.03. The van der Waals surface area contributed by atoms with E-state index in [0.717, 1.165) is 12.8 Å². The largest absolute Gasteiger partial charge is 0.135 e. The summed E-state index contributed by atoms with van der Waals surface area (Å²) in [6.45, 7) is 2.21. The molecule has 0 fully saturated rings. The minimum absolute atomic E-state index is 0.628. The highest BCUT2D eigenvalue weighted by atomic mass is 35.5. The van der Waals surface area contributed by atoms with Crippen molar-refractivity contribution < 1.29 is 0 Å². The van der Waals surface area contributed by atoms with Crippen LogP contribution in [0, 0.1) is 11.8 Å². The summed E-state index contributed by atoms with van der Waals surface area (Å²) in [5, 5.41) is 2.12. The fraction of sp³-hybridized carbons (Fsp3) is 0.500. The molecule has 0 aliphatic carbocycles. The maximum Gasteiger partial charge on any atom is 0.0800 e. The molecular weight excluding hydrogens is 212 g/mol. The predicted octanol–water partition coefficient (Wildman–Crippen LogP) is 4.07. The minimum Gasteiger partial charge on any atom is -0.135 e. The lowest BCUT2D eigenvalue weighted by atomic mass is 10.1. The van der Waals surface area contributed by atoms with Crippen molar-refractivity contribution in [2.75, 3.05) is 5.88 Å². The van der Waals surface area contributed by atoms with Gasteiger partial charge in [0.25, 0.3) is 0 Å². The molecule has 1 aromatic heterocycles. The van der Waals surface area contributed by atoms with Crippen LogP contribution >= 0.6 is 22.9 Å². The number of hydrogen-bond acceptors (Lipinski definition) is 1. The SMILES string of the molecule is CCCCc1ccsc1C#CCCCl. The van der Waals surface area contributed by atoms with Crippen LogP contribution in [-0.2, 0) is 6.42 Å². The molecule has 76 valence electrons. The van der Waals surface area contributed by atoms with Gasteiger partial charge in [-0.25, -0.2) is 0 Å². The molecule has 0 aromatic carbocycles. The fourth-order valence-corrected chi connectivity index (χ4v) is 2.11. The average molecular weight is 227 g/mol. The second kappa shape index (κ2) is 6.92. The zero-order chi connectivity index (χ0) is 10.2. The Morgan fingerprint density at radius 1 is 1.50 bits per heavy atom. The number of rotatable bonds is 4. The normalized spacial score (nSPS) is 9.57. The van der Waals surface area contributed by atoms with Gasteiger partial charge in [-0.1, -0.05) is 25.2 Å². The Hall–Kier alpha value is -0.450. The third-order valence-electron chi connectivity index (χ3n) is 1.97. The van der Waals surface area contributed by atoms with E-state index in [9.17, 15) is 0 Å². The molecule has 0 unspecified atom stereocenters. The fourth-order valence-electron chi connectivity index (χ4n) is 1.20. The van der Waals surface area contributed by atoms with Crippen LogP contribution in [0.25, 0.3) is 0 Å². The smallest absolute Gasteiger partial charge is 0.0800 e. The molecule has 0 aliphatic rings. The van der Waals surface area contributed by atoms with Gasteiger partial charge in [-0.2, -0.15) is 0 Å². The van der Waals surface area contributed by atoms with Crippen molar-refractivity contribution in [3.63, 3.8) is 0 Å². The summed E-state index contributed by atoms with van der Waals surface area (Å²) < 4.78 is 0. The van der Waals surface area contributed by atoms with Gasteiger partial charge in [0.2, 0.25) is 0 Å². The van der Waals surface area contributed by atoms with E-state index in [1.54, 1.807) is 11.3 Å². The summed E-state index contributed by atoms with van der Waals surface area (Å²) in [6.07, 6.45) is 4.43. The van der Waals surface area contributed by atoms with Gasteiger partial charge >= 0.3 is 0 Å². The number of unbranched alkanes of at least 4 members (excludes halogenated alkanes) is 1. The first-order valence-corrected chi connectivity index (χ1v) is 6.41. The number of thiophene rings is 1. The van der Waals surface area contributed by atoms with E-state index in [2.05, 4.69) is 30.2 Å². The first-order chi connectivity index (χ1) is 6.88. The first kappa shape index (κ1) is 11.6. The maximum absolute atomic E-state index is 5.57. The highest BCUT2D eigenvalue weighted by molar-refractivity contribution is 7.10. The van der Waals surface area contributed by atoms with Crippen LogP contribution in [0.4, 0.5) is 0 Å². The van der Waals surface area contributed by atoms with Gasteiger partial charge in [-0.3, -0.25) is 0 Å². The van der Waals surface area contributed by atoms with Crippen LogP contribution in [0.5, 0.6) is 0 Å². The van der Waals surface area contributed by atoms with Crippen molar-refractivity contribution in [2.45, 2.75) is 32.6 Å². The molecule has 2 heteroatoms. The summed E-state index contributed by atoms with van der Waals surface area (Å²) in [5.74, 6) is 6.90. The lowest BCUT2D eigenvalue weighted by Crippen LogP contribution is -1.84. The van der Waals surface area contributed by atoms with Gasteiger partial charge in [-0.15, -0.1) is 22.9 Å². The lowest BCUT2D eigenvalue weighted by molar-refractivity contribution is 0.796. The van der Waals surface area contributed by atoms with E-state index in [0.29, 0.717) is 5.88 Å². The highest BCUT2D eigenvalue weighted by Gasteiger charge is 1.99. The van der Waals surface area contributed by atoms with Gasteiger partial charge in [-0.05, 0) is 29.9 Å². The molecule has 1 rings (SSSR count). The molecule has 1 aromatic rings. The van der Waals surface area contributed by atoms with Crippen LogP contribution in [0.3, 0.4) is 0 Å². The summed E-state index contributed by atoms with van der Waals surface area (Å²) in [4.78, 5) is 1.23. The van der Waals surface area contributed by atoms with Crippen LogP contribution < -0.4 is 0 Å². The van der Waals surface area contributed by atoms with Crippen molar-refractivity contribution in [3.05, 3.63) is 21.9 Å². The summed E-state index contributed by atoms with van der Waals surface area (Å²) in [7, 11) is 0. The third kappa shape index (κ3) is 3.74. The van der Waals surface area contributed by atoms with Crippen molar-refractivity contribution in [1.82, 2.24) is 0 Å². The Morgan fingerprint density at radius 3 is 3.07 bits per heavy atom. The zero-order valence-electron chi connectivity index (χ0n) is 8.48. The molecule has 1 heterocycles. The monoisotopic (exact) mass is 226 g/mol. The van der Waals surface area contributed by atoms with E-state index in [1.165, 1.54) is 23.3 Å². The van der Waals surface area contributed by atoms with Crippen molar-refractivity contribution >= 4 is 22.9 Å². The van der Waals surface area contributed by atoms with Crippen LogP contribution in [-0.4, -0.2) is 5.88 Å². The molecule has 0 saturated heterocycles. The summed E-state index contributed by atoms with van der Waals surface area (Å²) in [5.41, 5.74) is 1.40. The first-order valence-electron chi connectivity index (χ1n) is 4.99. The Kier molecular flexibility index (Phi) is 5.75. The molecule has 14 heavy (non-hydrogen) atoms. The van der Waals surface area contributed by atoms with E-state index >= 15 is 0 Å². The van der Waals surface area contributed by atoms with Crippen LogP contribution in [0.2, 0.25) is 0 Å². The molecule has 0 amide bonds. The molecule has 0 N–H and O–H groups in total. The number of alkyl halides is 1. The lowest BCUT2D eigenvalue weighted by Gasteiger charge is -1.95. The topological polar surface area (TPSA) is 0 Å². The number of hydrogen-bond donors (Lipinski definition) is 0. The number of aryl methyl sites for hydroxylation is 1. The average Bonchev–Trinajstić information content (AvgIpc) is 2.63. The van der Waals surface area contributed by atoms with E-state index < -0.39 is 0 Å². The van der Waals surface area contributed by atoms with E-state index in [1.807, 2.05) is 0 Å². The molecule has 0 bridgehead atoms. The Labute approximate surface area is 95.3 Å². The van der Waals surface area contributed by atoms with Gasteiger partial charge in [0.15, 0.2) is 0 Å². The van der Waals surface area contributed by atoms with E-state index in [-0.39, 0.29) is 0 Å². The maximum atomic E-state index is 5.57. The van der Waals surface area contributed by atoms with Gasteiger partial charge < -0.3 is 0 Å². The quantitative estimate of drug-likeness (QED) is 0.536. The highest BCUT2D eigenvalue weighted by Crippen LogP contribution is 2.17. The standard InChI is InChI=1S/C12H15ClS/c1-2-3-6-11-8-10-14-12(11)7-4-5-9-13/h8,10H,2-3,5-6,9H2,1H3. The molecular formula is C12H15ClS. The van der Waals surface area contributed by atoms with Crippen molar-refractivity contribution in [1.29, 1.82) is 0 Å². The van der Waals surface area contributed by atoms with Crippen molar-refractivity contribution in [2.24, 2.45) is 0 Å². The molecule has 0 spiro atoms. The molecule has 0 saturated carbocycles. The summed E-state index contributed by atoms with van der Waals surface area (Å²) in [6, 6.07) is 2.19. The van der Waals surface area contributed by atoms with Gasteiger partial charge in [0.05, 0.1) is 4.88 Å². The Morgan fingerprint density at radius 2 is 2.36 bits per heavy atom. The molecule has 0 aliphatic heterocycles. The predicted molar refractivity (Wildman–Crippen MR) is 65.1 cm³/mol. The van der Waals surface area contributed by atoms with Gasteiger partial charge in [0.1, 0.15) is 0 Å².